The van der Waals surface area contributed by atoms with Gasteiger partial charge in [-0.25, -0.2) is 13.8 Å². The van der Waals surface area contributed by atoms with Crippen LogP contribution in [0.2, 0.25) is 0 Å². The van der Waals surface area contributed by atoms with Crippen LogP contribution < -0.4 is 10.9 Å². The quantitative estimate of drug-likeness (QED) is 0.754. The minimum atomic E-state index is -3.61. The minimum absolute atomic E-state index is 0.0246. The Morgan fingerprint density at radius 1 is 1.19 bits per heavy atom. The summed E-state index contributed by atoms with van der Waals surface area (Å²) in [6.45, 7) is 3.42. The maximum absolute atomic E-state index is 12.8. The molecule has 0 aliphatic carbocycles. The molecule has 2 unspecified atom stereocenters. The van der Waals surface area contributed by atoms with Crippen LogP contribution in [0, 0.1) is 11.3 Å². The number of hydrazine groups is 1. The molecule has 2 saturated heterocycles. The topological polar surface area (TPSA) is 106 Å². The van der Waals surface area contributed by atoms with Gasteiger partial charge in [0, 0.05) is 32.2 Å². The van der Waals surface area contributed by atoms with Crippen LogP contribution in [0.1, 0.15) is 31.7 Å². The molecule has 27 heavy (non-hydrogen) atoms. The summed E-state index contributed by atoms with van der Waals surface area (Å²) < 4.78 is 26.9. The molecule has 0 aromatic heterocycles. The van der Waals surface area contributed by atoms with E-state index >= 15 is 0 Å². The maximum atomic E-state index is 12.8. The van der Waals surface area contributed by atoms with Crippen molar-refractivity contribution in [3.63, 3.8) is 0 Å². The highest BCUT2D eigenvalue weighted by Gasteiger charge is 2.35. The van der Waals surface area contributed by atoms with E-state index in [9.17, 15) is 13.2 Å². The largest absolute Gasteiger partial charge is 0.339 e. The summed E-state index contributed by atoms with van der Waals surface area (Å²) in [6.07, 6.45) is 2.84. The fourth-order valence-corrected chi connectivity index (χ4v) is 4.96. The minimum Gasteiger partial charge on any atom is -0.339 e. The number of carbonyl (C=O) groups excluding carboxylic acids is 1. The van der Waals surface area contributed by atoms with Crippen LogP contribution in [0.25, 0.3) is 0 Å². The van der Waals surface area contributed by atoms with E-state index in [0.717, 1.165) is 19.3 Å². The van der Waals surface area contributed by atoms with Gasteiger partial charge < -0.3 is 4.90 Å². The molecule has 3 rings (SSSR count). The van der Waals surface area contributed by atoms with E-state index in [1.807, 2.05) is 6.07 Å². The number of nitrogens with zero attached hydrogens (tertiary/aromatic N) is 3. The smallest absolute Gasteiger partial charge is 0.243 e. The van der Waals surface area contributed by atoms with Gasteiger partial charge in [0.15, 0.2) is 0 Å². The summed E-state index contributed by atoms with van der Waals surface area (Å²) in [7, 11) is -3.61. The monoisotopic (exact) mass is 391 g/mol. The van der Waals surface area contributed by atoms with Crippen LogP contribution in [-0.4, -0.2) is 61.8 Å². The van der Waals surface area contributed by atoms with Crippen LogP contribution >= 0.6 is 0 Å². The predicted octanol–water partition coefficient (Wildman–Crippen LogP) is 0.426. The number of hydrogen-bond donors (Lipinski definition) is 2. The summed E-state index contributed by atoms with van der Waals surface area (Å²) >= 11 is 0. The van der Waals surface area contributed by atoms with Crippen LogP contribution in [0.5, 0.6) is 0 Å². The highest BCUT2D eigenvalue weighted by molar-refractivity contribution is 7.89. The molecule has 2 aliphatic heterocycles. The molecule has 0 saturated carbocycles. The van der Waals surface area contributed by atoms with Gasteiger partial charge in [0.05, 0.1) is 16.5 Å². The van der Waals surface area contributed by atoms with Gasteiger partial charge in [-0.1, -0.05) is 13.3 Å². The van der Waals surface area contributed by atoms with Gasteiger partial charge in [0.2, 0.25) is 15.9 Å². The van der Waals surface area contributed by atoms with Crippen molar-refractivity contribution in [2.45, 2.75) is 43.2 Å². The second-order valence-electron chi connectivity index (χ2n) is 6.93. The average molecular weight is 391 g/mol. The molecule has 1 aromatic carbocycles. The molecular weight excluding hydrogens is 366 g/mol. The lowest BCUT2D eigenvalue weighted by Gasteiger charge is -2.35. The molecule has 146 valence electrons. The third-order valence-corrected chi connectivity index (χ3v) is 7.00. The molecule has 2 fully saturated rings. The highest BCUT2D eigenvalue weighted by Crippen LogP contribution is 2.19. The van der Waals surface area contributed by atoms with Crippen molar-refractivity contribution in [1.82, 2.24) is 20.1 Å². The molecule has 8 nitrogen and oxygen atoms in total. The van der Waals surface area contributed by atoms with Gasteiger partial charge in [0.1, 0.15) is 6.04 Å². The van der Waals surface area contributed by atoms with Gasteiger partial charge in [-0.2, -0.15) is 9.57 Å². The van der Waals surface area contributed by atoms with Gasteiger partial charge in [-0.15, -0.1) is 0 Å². The fourth-order valence-electron chi connectivity index (χ4n) is 3.54. The van der Waals surface area contributed by atoms with E-state index in [2.05, 4.69) is 17.8 Å². The molecular formula is C18H25N5O3S. The van der Waals surface area contributed by atoms with E-state index in [4.69, 9.17) is 5.26 Å². The Labute approximate surface area is 160 Å². The summed E-state index contributed by atoms with van der Waals surface area (Å²) in [5.74, 6) is 0.0246. The van der Waals surface area contributed by atoms with Crippen LogP contribution in [-0.2, 0) is 14.8 Å². The van der Waals surface area contributed by atoms with Crippen molar-refractivity contribution in [2.24, 2.45) is 0 Å². The standard InChI is InChI=1S/C18H25N5O3S/c1-2-3-15-12-17(21-20-15)18(24)22-8-10-23(11-9-22)27(25,26)16-6-4-14(13-19)5-7-16/h4-7,15,17,20-21H,2-3,8-12H2,1H3. The number of nitriles is 1. The number of rotatable bonds is 5. The summed E-state index contributed by atoms with van der Waals surface area (Å²) in [5.41, 5.74) is 6.65. The Kier molecular flexibility index (Phi) is 6.11. The lowest BCUT2D eigenvalue weighted by atomic mass is 10.1. The third-order valence-electron chi connectivity index (χ3n) is 5.09. The van der Waals surface area contributed by atoms with Gasteiger partial charge in [0.25, 0.3) is 0 Å². The number of nitrogens with one attached hydrogen (secondary N) is 2. The Balaban J connectivity index is 1.58. The molecule has 1 amide bonds. The van der Waals surface area contributed by atoms with Crippen LogP contribution in [0.3, 0.4) is 0 Å². The first-order valence-corrected chi connectivity index (χ1v) is 10.7. The van der Waals surface area contributed by atoms with Crippen molar-refractivity contribution in [3.05, 3.63) is 29.8 Å². The first-order chi connectivity index (χ1) is 13.0. The first-order valence-electron chi connectivity index (χ1n) is 9.26. The van der Waals surface area contributed by atoms with Crippen LogP contribution in [0.4, 0.5) is 0 Å². The molecule has 2 atom stereocenters. The zero-order chi connectivity index (χ0) is 19.4. The van der Waals surface area contributed by atoms with E-state index in [-0.39, 0.29) is 29.9 Å². The third kappa shape index (κ3) is 4.30. The second-order valence-corrected chi connectivity index (χ2v) is 8.87. The number of sulfonamides is 1. The lowest BCUT2D eigenvalue weighted by Crippen LogP contribution is -2.54. The highest BCUT2D eigenvalue weighted by atomic mass is 32.2. The fraction of sp³-hybridized carbons (Fsp3) is 0.556. The number of benzene rings is 1. The van der Waals surface area contributed by atoms with Crippen molar-refractivity contribution in [2.75, 3.05) is 26.2 Å². The second kappa shape index (κ2) is 8.35. The van der Waals surface area contributed by atoms with E-state index in [0.29, 0.717) is 24.7 Å². The van der Waals surface area contributed by atoms with Crippen molar-refractivity contribution < 1.29 is 13.2 Å². The summed E-state index contributed by atoms with van der Waals surface area (Å²) in [5, 5.41) is 8.84. The number of amides is 1. The Morgan fingerprint density at radius 2 is 1.85 bits per heavy atom. The van der Waals surface area contributed by atoms with Crippen molar-refractivity contribution in [3.8, 4) is 6.07 Å². The van der Waals surface area contributed by atoms with Crippen molar-refractivity contribution >= 4 is 15.9 Å². The van der Waals surface area contributed by atoms with Crippen LogP contribution in [0.15, 0.2) is 29.2 Å². The molecule has 0 radical (unpaired) electrons. The number of piperazine rings is 1. The molecule has 9 heteroatoms. The van der Waals surface area contributed by atoms with Gasteiger partial charge >= 0.3 is 0 Å². The zero-order valence-electron chi connectivity index (χ0n) is 15.4. The van der Waals surface area contributed by atoms with Crippen molar-refractivity contribution in [1.29, 1.82) is 5.26 Å². The SMILES string of the molecule is CCCC1CC(C(=O)N2CCN(S(=O)(=O)c3ccc(C#N)cc3)CC2)NN1. The van der Waals surface area contributed by atoms with Gasteiger partial charge in [-0.05, 0) is 37.1 Å². The molecule has 0 bridgehead atoms. The van der Waals surface area contributed by atoms with E-state index in [1.54, 1.807) is 4.90 Å². The van der Waals surface area contributed by atoms with E-state index in [1.165, 1.54) is 28.6 Å². The summed E-state index contributed by atoms with van der Waals surface area (Å²) in [6, 6.07) is 7.94. The molecule has 2 aliphatic rings. The lowest BCUT2D eigenvalue weighted by molar-refractivity contribution is -0.134. The van der Waals surface area contributed by atoms with Gasteiger partial charge in [-0.3, -0.25) is 10.2 Å². The Bertz CT molecular complexity index is 810. The Morgan fingerprint density at radius 3 is 2.44 bits per heavy atom. The Hall–Kier alpha value is -1.99. The molecule has 0 spiro atoms. The zero-order valence-corrected chi connectivity index (χ0v) is 16.2. The molecule has 2 N–H and O–H groups in total. The number of hydrogen-bond acceptors (Lipinski definition) is 6. The average Bonchev–Trinajstić information content (AvgIpc) is 3.16. The normalized spacial score (nSPS) is 23.9. The summed E-state index contributed by atoms with van der Waals surface area (Å²) in [4.78, 5) is 14.6. The molecule has 1 aromatic rings. The molecule has 2 heterocycles. The maximum Gasteiger partial charge on any atom is 0.243 e. The van der Waals surface area contributed by atoms with E-state index < -0.39 is 10.0 Å². The first kappa shape index (κ1) is 19.8. The number of carbonyl (C=O) groups is 1. The predicted molar refractivity (Wildman–Crippen MR) is 99.9 cm³/mol.